The van der Waals surface area contributed by atoms with Crippen LogP contribution in [0.5, 0.6) is 5.75 Å². The predicted molar refractivity (Wildman–Crippen MR) is 108 cm³/mol. The first kappa shape index (κ1) is 24.7. The minimum absolute atomic E-state index is 0.00712. The number of amides is 1. The maximum absolute atomic E-state index is 11.6. The quantitative estimate of drug-likeness (QED) is 0.227. The van der Waals surface area contributed by atoms with E-state index in [0.717, 1.165) is 0 Å². The molecular formula is C21H27NO8. The van der Waals surface area contributed by atoms with Crippen LogP contribution in [0, 0.1) is 0 Å². The van der Waals surface area contributed by atoms with Crippen LogP contribution in [0.2, 0.25) is 0 Å². The fraction of sp³-hybridized carbons (Fsp3) is 0.381. The number of hydrogen-bond donors (Lipinski definition) is 2. The normalized spacial score (nSPS) is 11.0. The first-order valence-electron chi connectivity index (χ1n) is 9.15. The van der Waals surface area contributed by atoms with Crippen LogP contribution in [0.3, 0.4) is 0 Å². The third-order valence-electron chi connectivity index (χ3n) is 3.47. The van der Waals surface area contributed by atoms with E-state index in [-0.39, 0.29) is 44.1 Å². The third kappa shape index (κ3) is 9.74. The molecule has 1 unspecified atom stereocenters. The van der Waals surface area contributed by atoms with Gasteiger partial charge in [-0.25, -0.2) is 14.4 Å². The minimum atomic E-state index is -1.08. The molecular weight excluding hydrogens is 394 g/mol. The molecule has 0 aromatic heterocycles. The number of ether oxygens (including phenoxy) is 4. The molecule has 30 heavy (non-hydrogen) atoms. The lowest BCUT2D eigenvalue weighted by molar-refractivity contribution is -0.140. The number of alkyl carbamates (subject to hydrolysis) is 1. The molecule has 0 aliphatic carbocycles. The summed E-state index contributed by atoms with van der Waals surface area (Å²) in [5.41, 5.74) is 1.16. The second-order valence-corrected chi connectivity index (χ2v) is 6.37. The number of benzene rings is 1. The van der Waals surface area contributed by atoms with Crippen molar-refractivity contribution in [3.8, 4) is 5.75 Å². The van der Waals surface area contributed by atoms with Gasteiger partial charge in [-0.2, -0.15) is 0 Å². The van der Waals surface area contributed by atoms with Crippen LogP contribution in [-0.4, -0.2) is 55.6 Å². The SMILES string of the molecule is C=C(C)C(=O)OCCNC(=O)OCC(O)COc1ccccc1COC(=O)C(=C)C. The molecule has 1 atom stereocenters. The molecule has 164 valence electrons. The monoisotopic (exact) mass is 421 g/mol. The van der Waals surface area contributed by atoms with Gasteiger partial charge in [-0.3, -0.25) is 0 Å². The molecule has 0 heterocycles. The number of carbonyl (C=O) groups is 3. The van der Waals surface area contributed by atoms with E-state index < -0.39 is 24.1 Å². The summed E-state index contributed by atoms with van der Waals surface area (Å²) in [6, 6.07) is 6.87. The average molecular weight is 421 g/mol. The molecule has 0 saturated heterocycles. The van der Waals surface area contributed by atoms with Crippen molar-refractivity contribution in [2.24, 2.45) is 0 Å². The highest BCUT2D eigenvalue weighted by atomic mass is 16.6. The van der Waals surface area contributed by atoms with Crippen molar-refractivity contribution in [2.45, 2.75) is 26.6 Å². The highest BCUT2D eigenvalue weighted by molar-refractivity contribution is 5.87. The zero-order chi connectivity index (χ0) is 22.5. The summed E-state index contributed by atoms with van der Waals surface area (Å²) in [5.74, 6) is -0.638. The van der Waals surface area contributed by atoms with Gasteiger partial charge in [-0.1, -0.05) is 31.4 Å². The molecule has 9 heteroatoms. The van der Waals surface area contributed by atoms with Crippen LogP contribution in [0.15, 0.2) is 48.6 Å². The summed E-state index contributed by atoms with van der Waals surface area (Å²) in [6.07, 6.45) is -1.85. The van der Waals surface area contributed by atoms with Gasteiger partial charge in [0.05, 0.1) is 6.54 Å². The number of aliphatic hydroxyl groups excluding tert-OH is 1. The van der Waals surface area contributed by atoms with Crippen LogP contribution >= 0.6 is 0 Å². The first-order chi connectivity index (χ1) is 14.2. The predicted octanol–water partition coefficient (Wildman–Crippen LogP) is 1.89. The van der Waals surface area contributed by atoms with Crippen LogP contribution in [0.1, 0.15) is 19.4 Å². The molecule has 0 spiro atoms. The summed E-state index contributed by atoms with van der Waals surface area (Å²) < 4.78 is 20.3. The van der Waals surface area contributed by atoms with E-state index in [1.165, 1.54) is 6.92 Å². The lowest BCUT2D eigenvalue weighted by Gasteiger charge is -2.15. The Hall–Kier alpha value is -3.33. The second kappa shape index (κ2) is 13.0. The summed E-state index contributed by atoms with van der Waals surface area (Å²) in [5, 5.41) is 12.3. The number of aliphatic hydroxyl groups is 1. The molecule has 0 aliphatic heterocycles. The second-order valence-electron chi connectivity index (χ2n) is 6.37. The van der Waals surface area contributed by atoms with Crippen LogP contribution in [0.25, 0.3) is 0 Å². The summed E-state index contributed by atoms with van der Waals surface area (Å²) in [4.78, 5) is 34.3. The van der Waals surface area contributed by atoms with Gasteiger partial charge in [-0.05, 0) is 19.9 Å². The van der Waals surface area contributed by atoms with Gasteiger partial charge < -0.3 is 29.4 Å². The Labute approximate surface area is 175 Å². The van der Waals surface area contributed by atoms with E-state index in [2.05, 4.69) is 18.5 Å². The Kier molecular flexibility index (Phi) is 10.7. The van der Waals surface area contributed by atoms with Crippen molar-refractivity contribution in [1.29, 1.82) is 0 Å². The van der Waals surface area contributed by atoms with E-state index in [4.69, 9.17) is 18.9 Å². The molecule has 2 N–H and O–H groups in total. The summed E-state index contributed by atoms with van der Waals surface area (Å²) >= 11 is 0. The molecule has 1 amide bonds. The molecule has 0 aliphatic rings. The highest BCUT2D eigenvalue weighted by Gasteiger charge is 2.12. The summed E-state index contributed by atoms with van der Waals surface area (Å²) in [6.45, 7) is 9.58. The number of esters is 2. The fourth-order valence-electron chi connectivity index (χ4n) is 1.91. The molecule has 1 aromatic rings. The summed E-state index contributed by atoms with van der Waals surface area (Å²) in [7, 11) is 0. The van der Waals surface area contributed by atoms with Crippen molar-refractivity contribution >= 4 is 18.0 Å². The zero-order valence-electron chi connectivity index (χ0n) is 17.1. The Morgan fingerprint density at radius 3 is 2.30 bits per heavy atom. The number of nitrogens with one attached hydrogen (secondary N) is 1. The van der Waals surface area contributed by atoms with Crippen molar-refractivity contribution in [3.05, 3.63) is 54.1 Å². The topological polar surface area (TPSA) is 120 Å². The Bertz CT molecular complexity index is 774. The maximum Gasteiger partial charge on any atom is 0.407 e. The maximum atomic E-state index is 11.6. The Morgan fingerprint density at radius 2 is 1.63 bits per heavy atom. The Balaban J connectivity index is 2.32. The van der Waals surface area contributed by atoms with Crippen molar-refractivity contribution in [2.75, 3.05) is 26.4 Å². The molecule has 0 bridgehead atoms. The Morgan fingerprint density at radius 1 is 1.00 bits per heavy atom. The van der Waals surface area contributed by atoms with E-state index in [0.29, 0.717) is 11.3 Å². The number of rotatable bonds is 12. The van der Waals surface area contributed by atoms with Crippen molar-refractivity contribution < 1.29 is 38.4 Å². The lowest BCUT2D eigenvalue weighted by atomic mass is 10.2. The number of hydrogen-bond acceptors (Lipinski definition) is 8. The van der Waals surface area contributed by atoms with Gasteiger partial charge in [0.15, 0.2) is 0 Å². The van der Waals surface area contributed by atoms with Gasteiger partial charge in [-0.15, -0.1) is 0 Å². The van der Waals surface area contributed by atoms with Gasteiger partial charge >= 0.3 is 18.0 Å². The third-order valence-corrected chi connectivity index (χ3v) is 3.47. The fourth-order valence-corrected chi connectivity index (χ4v) is 1.91. The van der Waals surface area contributed by atoms with Gasteiger partial charge in [0.2, 0.25) is 0 Å². The van der Waals surface area contributed by atoms with Gasteiger partial charge in [0.1, 0.15) is 38.3 Å². The number of carbonyl (C=O) groups excluding carboxylic acids is 3. The van der Waals surface area contributed by atoms with Gasteiger partial charge in [0.25, 0.3) is 0 Å². The van der Waals surface area contributed by atoms with Crippen LogP contribution in [-0.2, 0) is 30.4 Å². The van der Waals surface area contributed by atoms with Crippen LogP contribution < -0.4 is 10.1 Å². The van der Waals surface area contributed by atoms with E-state index in [1.54, 1.807) is 31.2 Å². The average Bonchev–Trinajstić information content (AvgIpc) is 2.72. The van der Waals surface area contributed by atoms with Gasteiger partial charge in [0, 0.05) is 16.7 Å². The molecule has 0 radical (unpaired) electrons. The zero-order valence-corrected chi connectivity index (χ0v) is 17.1. The van der Waals surface area contributed by atoms with E-state index in [9.17, 15) is 19.5 Å². The lowest BCUT2D eigenvalue weighted by Crippen LogP contribution is -2.32. The largest absolute Gasteiger partial charge is 0.490 e. The van der Waals surface area contributed by atoms with Crippen molar-refractivity contribution in [3.63, 3.8) is 0 Å². The number of para-hydroxylation sites is 1. The minimum Gasteiger partial charge on any atom is -0.490 e. The standard InChI is InChI=1S/C21H27NO8/c1-14(2)19(24)27-10-9-22-21(26)30-13-17(23)12-28-18-8-6-5-7-16(18)11-29-20(25)15(3)4/h5-8,17,23H,1,3,9-13H2,2,4H3,(H,22,26). The van der Waals surface area contributed by atoms with E-state index >= 15 is 0 Å². The molecule has 1 aromatic carbocycles. The van der Waals surface area contributed by atoms with Crippen LogP contribution in [0.4, 0.5) is 4.79 Å². The molecule has 0 saturated carbocycles. The highest BCUT2D eigenvalue weighted by Crippen LogP contribution is 2.19. The smallest absolute Gasteiger partial charge is 0.407 e. The molecule has 9 nitrogen and oxygen atoms in total. The molecule has 1 rings (SSSR count). The van der Waals surface area contributed by atoms with E-state index in [1.807, 2.05) is 0 Å². The van der Waals surface area contributed by atoms with Crippen molar-refractivity contribution in [1.82, 2.24) is 5.32 Å². The first-order valence-corrected chi connectivity index (χ1v) is 9.15. The molecule has 0 fully saturated rings.